The Morgan fingerprint density at radius 1 is 0.755 bits per heavy atom. The lowest BCUT2D eigenvalue weighted by atomic mass is 10.1. The first kappa shape index (κ1) is 47.3. The van der Waals surface area contributed by atoms with E-state index in [0.29, 0.717) is 52.1 Å². The van der Waals surface area contributed by atoms with Crippen LogP contribution in [-0.4, -0.2) is 58.1 Å². The van der Waals surface area contributed by atoms with Gasteiger partial charge in [-0.3, -0.25) is 13.9 Å². The molecule has 4 aromatic rings. The molecule has 0 bridgehead atoms. The summed E-state index contributed by atoms with van der Waals surface area (Å²) in [5.41, 5.74) is 2.22. The Balaban J connectivity index is 0.000000469. The summed E-state index contributed by atoms with van der Waals surface area (Å²) in [6.45, 7) is 16.3. The van der Waals surface area contributed by atoms with E-state index in [4.69, 9.17) is 50.2 Å². The van der Waals surface area contributed by atoms with Gasteiger partial charge in [0.05, 0.1) is 17.1 Å². The lowest BCUT2D eigenvalue weighted by Gasteiger charge is -2.25. The molecule has 0 atom stereocenters. The Labute approximate surface area is 321 Å². The molecule has 2 aromatic carbocycles. The highest BCUT2D eigenvalue weighted by atomic mass is 35.5. The van der Waals surface area contributed by atoms with Crippen LogP contribution in [0.25, 0.3) is 22.5 Å². The average molecular weight is 802 g/mol. The standard InChI is InChI=1S/C20H26ClFN2O2.C16H16ClFN2O.CH4.H2O4S/c1-6-25-19(26-7-2)16-12-15(24-20(3,4)5)17(22)18(23-16)13-8-10-14(21)11-9-13;1-16(2,3)20-13-8-12(9-21)19-15(14(13)18)10-4-6-11(17)7-5-10;;1-5(2,3)4/h8-12,19H,6-7H2,1-5H3,(H,23,24);4-9H,1-3H3,(H,19,20);1H4;(H2,1,2,3,4). The molecule has 0 aliphatic rings. The van der Waals surface area contributed by atoms with E-state index in [1.165, 1.54) is 6.07 Å². The van der Waals surface area contributed by atoms with E-state index in [2.05, 4.69) is 20.6 Å². The van der Waals surface area contributed by atoms with Crippen molar-refractivity contribution in [3.8, 4) is 22.5 Å². The maximum Gasteiger partial charge on any atom is 0.394 e. The highest BCUT2D eigenvalue weighted by Crippen LogP contribution is 2.33. The maximum atomic E-state index is 15.2. The quantitative estimate of drug-likeness (QED) is 0.0686. The zero-order valence-corrected chi connectivity index (χ0v) is 32.4. The summed E-state index contributed by atoms with van der Waals surface area (Å²) < 4.78 is 72.7. The van der Waals surface area contributed by atoms with Gasteiger partial charge in [0.15, 0.2) is 17.9 Å². The van der Waals surface area contributed by atoms with Crippen LogP contribution in [0, 0.1) is 11.6 Å². The predicted molar refractivity (Wildman–Crippen MR) is 208 cm³/mol. The van der Waals surface area contributed by atoms with Gasteiger partial charge in [0.1, 0.15) is 17.1 Å². The molecule has 292 valence electrons. The van der Waals surface area contributed by atoms with Gasteiger partial charge < -0.3 is 20.1 Å². The van der Waals surface area contributed by atoms with E-state index < -0.39 is 28.3 Å². The molecular weight excluding hydrogens is 753 g/mol. The summed E-state index contributed by atoms with van der Waals surface area (Å²) in [6.07, 6.45) is -0.0515. The van der Waals surface area contributed by atoms with E-state index in [-0.39, 0.29) is 41.3 Å². The topological polar surface area (TPSA) is 160 Å². The number of ether oxygens (including phenoxy) is 2. The second kappa shape index (κ2) is 20.6. The highest BCUT2D eigenvalue weighted by Gasteiger charge is 2.23. The molecule has 2 heterocycles. The van der Waals surface area contributed by atoms with E-state index >= 15 is 4.39 Å². The number of pyridine rings is 2. The minimum absolute atomic E-state index is 0. The molecule has 0 unspecified atom stereocenters. The van der Waals surface area contributed by atoms with Crippen molar-refractivity contribution < 1.29 is 40.6 Å². The number of carbonyl (C=O) groups is 1. The van der Waals surface area contributed by atoms with Crippen LogP contribution in [0.15, 0.2) is 60.7 Å². The van der Waals surface area contributed by atoms with Gasteiger partial charge in [-0.1, -0.05) is 54.9 Å². The molecule has 0 radical (unpaired) electrons. The van der Waals surface area contributed by atoms with Crippen molar-refractivity contribution in [3.05, 3.63) is 93.7 Å². The molecule has 0 saturated heterocycles. The molecule has 4 N–H and O–H groups in total. The van der Waals surface area contributed by atoms with Gasteiger partial charge in [0, 0.05) is 45.5 Å². The molecule has 0 aliphatic carbocycles. The molecule has 0 saturated carbocycles. The number of hydrogen-bond donors (Lipinski definition) is 4. The summed E-state index contributed by atoms with van der Waals surface area (Å²) in [6, 6.07) is 16.6. The molecule has 53 heavy (non-hydrogen) atoms. The van der Waals surface area contributed by atoms with Gasteiger partial charge in [-0.15, -0.1) is 0 Å². The fourth-order valence-electron chi connectivity index (χ4n) is 4.39. The zero-order chi connectivity index (χ0) is 39.4. The average Bonchev–Trinajstić information content (AvgIpc) is 3.02. The summed E-state index contributed by atoms with van der Waals surface area (Å²) in [7, 11) is -4.67. The first-order chi connectivity index (χ1) is 24.0. The first-order valence-electron chi connectivity index (χ1n) is 15.9. The summed E-state index contributed by atoms with van der Waals surface area (Å²) in [5.74, 6) is -0.907. The van der Waals surface area contributed by atoms with E-state index in [1.54, 1.807) is 54.6 Å². The van der Waals surface area contributed by atoms with Crippen LogP contribution < -0.4 is 10.6 Å². The van der Waals surface area contributed by atoms with Crippen molar-refractivity contribution in [2.24, 2.45) is 0 Å². The molecule has 0 amide bonds. The van der Waals surface area contributed by atoms with Gasteiger partial charge in [0.25, 0.3) is 0 Å². The molecule has 0 spiro atoms. The van der Waals surface area contributed by atoms with Crippen molar-refractivity contribution in [2.45, 2.75) is 80.2 Å². The largest absolute Gasteiger partial charge is 0.394 e. The first-order valence-corrected chi connectivity index (χ1v) is 18.1. The molecule has 0 aliphatic heterocycles. The minimum atomic E-state index is -4.67. The number of rotatable bonds is 10. The second-order valence-electron chi connectivity index (χ2n) is 13.1. The smallest absolute Gasteiger partial charge is 0.378 e. The fraction of sp³-hybridized carbons (Fsp3) is 0.378. The molecule has 11 nitrogen and oxygen atoms in total. The van der Waals surface area contributed by atoms with Gasteiger partial charge >= 0.3 is 10.4 Å². The van der Waals surface area contributed by atoms with Crippen molar-refractivity contribution in [3.63, 3.8) is 0 Å². The monoisotopic (exact) mass is 800 g/mol. The SMILES string of the molecule is C.CC(C)(C)Nc1cc(C=O)nc(-c2ccc(Cl)cc2)c1F.CCOC(OCC)c1cc(NC(C)(C)C)c(F)c(-c2ccc(Cl)cc2)n1.O=S(=O)(O)O. The molecule has 2 aromatic heterocycles. The molecule has 4 rings (SSSR count). The number of benzene rings is 2. The van der Waals surface area contributed by atoms with E-state index in [1.807, 2.05) is 55.4 Å². The molecule has 0 fully saturated rings. The number of aromatic nitrogens is 2. The van der Waals surface area contributed by atoms with Crippen LogP contribution in [0.1, 0.15) is 85.3 Å². The third-order valence-corrected chi connectivity index (χ3v) is 6.71. The van der Waals surface area contributed by atoms with Gasteiger partial charge in [-0.2, -0.15) is 8.42 Å². The number of anilines is 2. The lowest BCUT2D eigenvalue weighted by molar-refractivity contribution is -0.142. The number of hydrogen-bond acceptors (Lipinski definition) is 9. The third kappa shape index (κ3) is 16.8. The number of nitrogens with zero attached hydrogens (tertiary/aromatic N) is 2. The second-order valence-corrected chi connectivity index (χ2v) is 14.9. The van der Waals surface area contributed by atoms with Gasteiger partial charge in [-0.25, -0.2) is 18.7 Å². The van der Waals surface area contributed by atoms with Crippen molar-refractivity contribution in [1.82, 2.24) is 9.97 Å². The predicted octanol–water partition coefficient (Wildman–Crippen LogP) is 10.4. The number of aldehydes is 1. The Morgan fingerprint density at radius 3 is 1.45 bits per heavy atom. The fourth-order valence-corrected chi connectivity index (χ4v) is 4.64. The normalized spacial score (nSPS) is 11.4. The van der Waals surface area contributed by atoms with Gasteiger partial charge in [0.2, 0.25) is 6.29 Å². The van der Waals surface area contributed by atoms with Crippen LogP contribution in [0.5, 0.6) is 0 Å². The van der Waals surface area contributed by atoms with Crippen molar-refractivity contribution >= 4 is 51.3 Å². The summed E-state index contributed by atoms with van der Waals surface area (Å²) in [4.78, 5) is 19.6. The zero-order valence-electron chi connectivity index (χ0n) is 30.1. The number of halogens is 4. The molecule has 16 heteroatoms. The maximum absolute atomic E-state index is 15.2. The van der Waals surface area contributed by atoms with Crippen LogP contribution in [0.3, 0.4) is 0 Å². The van der Waals surface area contributed by atoms with Crippen LogP contribution in [0.2, 0.25) is 10.0 Å². The molecular formula is C37H48Cl2F2N4O7S. The lowest BCUT2D eigenvalue weighted by Crippen LogP contribution is -2.27. The van der Waals surface area contributed by atoms with Gasteiger partial charge in [-0.05, 0) is 91.8 Å². The summed E-state index contributed by atoms with van der Waals surface area (Å²) in [5, 5.41) is 7.38. The third-order valence-electron chi connectivity index (χ3n) is 6.21. The Hall–Kier alpha value is -3.76. The van der Waals surface area contributed by atoms with E-state index in [0.717, 1.165) is 0 Å². The van der Waals surface area contributed by atoms with Crippen LogP contribution in [-0.2, 0) is 19.9 Å². The Morgan fingerprint density at radius 2 is 1.11 bits per heavy atom. The number of carbonyl (C=O) groups excluding carboxylic acids is 1. The van der Waals surface area contributed by atoms with Crippen molar-refractivity contribution in [2.75, 3.05) is 23.8 Å². The van der Waals surface area contributed by atoms with E-state index in [9.17, 15) is 9.18 Å². The Kier molecular flexibility index (Phi) is 18.4. The number of nitrogens with one attached hydrogen (secondary N) is 2. The highest BCUT2D eigenvalue weighted by molar-refractivity contribution is 7.79. The Bertz CT molecular complexity index is 1870. The van der Waals surface area contributed by atoms with Crippen LogP contribution >= 0.6 is 23.2 Å². The summed E-state index contributed by atoms with van der Waals surface area (Å²) >= 11 is 11.8. The minimum Gasteiger partial charge on any atom is -0.378 e. The van der Waals surface area contributed by atoms with Crippen LogP contribution in [0.4, 0.5) is 20.2 Å². The van der Waals surface area contributed by atoms with Crippen molar-refractivity contribution in [1.29, 1.82) is 0 Å².